The third kappa shape index (κ3) is 2.71. The molecule has 0 saturated heterocycles. The van der Waals surface area contributed by atoms with Crippen molar-refractivity contribution in [1.29, 1.82) is 0 Å². The summed E-state index contributed by atoms with van der Waals surface area (Å²) < 4.78 is 0. The van der Waals surface area contributed by atoms with Crippen LogP contribution in [0, 0.1) is 0 Å². The summed E-state index contributed by atoms with van der Waals surface area (Å²) in [5, 5.41) is 2.25. The molecule has 1 heteroatoms. The van der Waals surface area contributed by atoms with Gasteiger partial charge in [0.2, 0.25) is 0 Å². The van der Waals surface area contributed by atoms with E-state index in [-0.39, 0.29) is 0 Å². The van der Waals surface area contributed by atoms with E-state index < -0.39 is 0 Å². The molecule has 0 aliphatic rings. The van der Waals surface area contributed by atoms with Crippen molar-refractivity contribution in [2.45, 2.75) is 6.92 Å². The zero-order valence-corrected chi connectivity index (χ0v) is 7.77. The second-order valence-electron chi connectivity index (χ2n) is 2.60. The Kier molecular flexibility index (Phi) is 3.71. The molecule has 13 heavy (non-hydrogen) atoms. The van der Waals surface area contributed by atoms with E-state index in [2.05, 4.69) is 17.6 Å². The minimum Gasteiger partial charge on any atom is -0.264 e. The first-order valence-corrected chi connectivity index (χ1v) is 4.24. The molecule has 0 aromatic carbocycles. The highest BCUT2D eigenvalue weighted by Crippen LogP contribution is 1.72. The van der Waals surface area contributed by atoms with Crippen LogP contribution in [0.3, 0.4) is 0 Å². The Hall–Kier alpha value is -1.63. The molecular weight excluding hydrogens is 158 g/mol. The lowest BCUT2D eigenvalue weighted by molar-refractivity contribution is 1.27. The fraction of sp³-hybridized carbons (Fsp3) is 0.0833. The first-order chi connectivity index (χ1) is 6.38. The van der Waals surface area contributed by atoms with Gasteiger partial charge in [0, 0.05) is 12.4 Å². The zero-order valence-electron chi connectivity index (χ0n) is 7.77. The molecule has 0 aliphatic heterocycles. The van der Waals surface area contributed by atoms with Crippen molar-refractivity contribution in [1.82, 2.24) is 4.98 Å². The Morgan fingerprint density at radius 1 is 1.31 bits per heavy atom. The van der Waals surface area contributed by atoms with Crippen LogP contribution in [0.15, 0.2) is 43.3 Å². The van der Waals surface area contributed by atoms with Gasteiger partial charge in [-0.1, -0.05) is 37.0 Å². The van der Waals surface area contributed by atoms with Crippen LogP contribution in [-0.4, -0.2) is 4.98 Å². The number of aromatic nitrogens is 1. The molecule has 0 radical (unpaired) electrons. The molecule has 0 bridgehead atoms. The largest absolute Gasteiger partial charge is 0.264 e. The summed E-state index contributed by atoms with van der Waals surface area (Å²) >= 11 is 0. The van der Waals surface area contributed by atoms with Crippen molar-refractivity contribution in [3.8, 4) is 0 Å². The summed E-state index contributed by atoms with van der Waals surface area (Å²) in [5.41, 5.74) is 0. The second kappa shape index (κ2) is 5.09. The van der Waals surface area contributed by atoms with Gasteiger partial charge in [-0.05, 0) is 23.4 Å². The Labute approximate surface area is 78.4 Å². The molecule has 0 spiro atoms. The Bertz CT molecular complexity index is 413. The molecule has 1 aromatic heterocycles. The van der Waals surface area contributed by atoms with Gasteiger partial charge in [-0.2, -0.15) is 0 Å². The maximum atomic E-state index is 4.05. The monoisotopic (exact) mass is 171 g/mol. The van der Waals surface area contributed by atoms with Gasteiger partial charge in [-0.3, -0.25) is 4.98 Å². The van der Waals surface area contributed by atoms with Crippen LogP contribution >= 0.6 is 0 Å². The summed E-state index contributed by atoms with van der Waals surface area (Å²) in [6, 6.07) is 1.98. The average molecular weight is 171 g/mol. The highest BCUT2D eigenvalue weighted by Gasteiger charge is 1.80. The normalized spacial score (nSPS) is 13.9. The lowest BCUT2D eigenvalue weighted by Crippen LogP contribution is -2.23. The quantitative estimate of drug-likeness (QED) is 0.655. The third-order valence-electron chi connectivity index (χ3n) is 1.65. The Morgan fingerprint density at radius 2 is 2.15 bits per heavy atom. The smallest absolute Gasteiger partial charge is 0.0346 e. The summed E-state index contributed by atoms with van der Waals surface area (Å²) in [5.74, 6) is 0. The summed E-state index contributed by atoms with van der Waals surface area (Å²) in [4.78, 5) is 4.05. The second-order valence-corrected chi connectivity index (χ2v) is 2.60. The van der Waals surface area contributed by atoms with E-state index in [9.17, 15) is 0 Å². The third-order valence-corrected chi connectivity index (χ3v) is 1.65. The molecule has 1 rings (SSSR count). The van der Waals surface area contributed by atoms with E-state index in [0.29, 0.717) is 0 Å². The molecule has 0 aliphatic carbocycles. The van der Waals surface area contributed by atoms with Crippen molar-refractivity contribution in [2.24, 2.45) is 0 Å². The molecule has 1 aromatic rings. The number of hydrogen-bond acceptors (Lipinski definition) is 1. The van der Waals surface area contributed by atoms with Crippen molar-refractivity contribution in [3.05, 3.63) is 53.7 Å². The molecule has 66 valence electrons. The molecule has 0 atom stereocenters. The van der Waals surface area contributed by atoms with E-state index >= 15 is 0 Å². The number of pyridine rings is 1. The van der Waals surface area contributed by atoms with Gasteiger partial charge in [-0.25, -0.2) is 0 Å². The van der Waals surface area contributed by atoms with Crippen LogP contribution in [0.2, 0.25) is 0 Å². The van der Waals surface area contributed by atoms with E-state index in [1.165, 1.54) is 0 Å². The lowest BCUT2D eigenvalue weighted by atomic mass is 10.2. The fourth-order valence-electron chi connectivity index (χ4n) is 1.04. The van der Waals surface area contributed by atoms with Gasteiger partial charge in [0.25, 0.3) is 0 Å². The zero-order chi connectivity index (χ0) is 9.52. The highest BCUT2D eigenvalue weighted by atomic mass is 14.6. The van der Waals surface area contributed by atoms with Gasteiger partial charge in [0.05, 0.1) is 0 Å². The van der Waals surface area contributed by atoms with Crippen LogP contribution in [-0.2, 0) is 0 Å². The van der Waals surface area contributed by atoms with Crippen molar-refractivity contribution in [3.63, 3.8) is 0 Å². The Balaban J connectivity index is 3.36. The number of rotatable bonds is 2. The van der Waals surface area contributed by atoms with Crippen LogP contribution in [0.25, 0.3) is 12.2 Å². The molecule has 0 saturated carbocycles. The SMILES string of the molecule is C=C/C=c1/cncc/c1=C/C=C\C. The van der Waals surface area contributed by atoms with E-state index in [1.54, 1.807) is 12.3 Å². The molecule has 0 unspecified atom stereocenters. The maximum absolute atomic E-state index is 4.05. The van der Waals surface area contributed by atoms with Gasteiger partial charge in [0.1, 0.15) is 0 Å². The van der Waals surface area contributed by atoms with Gasteiger partial charge >= 0.3 is 0 Å². The molecular formula is C12H13N. The molecule has 0 N–H and O–H groups in total. The minimum absolute atomic E-state index is 1.09. The number of nitrogens with zero attached hydrogens (tertiary/aromatic N) is 1. The fourth-order valence-corrected chi connectivity index (χ4v) is 1.04. The summed E-state index contributed by atoms with van der Waals surface area (Å²) in [6.07, 6.45) is 13.4. The van der Waals surface area contributed by atoms with Crippen molar-refractivity contribution >= 4 is 12.2 Å². The topological polar surface area (TPSA) is 12.9 Å². The van der Waals surface area contributed by atoms with E-state index in [0.717, 1.165) is 10.4 Å². The van der Waals surface area contributed by atoms with E-state index in [1.807, 2.05) is 37.4 Å². The first-order valence-electron chi connectivity index (χ1n) is 4.24. The van der Waals surface area contributed by atoms with Gasteiger partial charge in [-0.15, -0.1) is 0 Å². The lowest BCUT2D eigenvalue weighted by Gasteiger charge is -1.86. The van der Waals surface area contributed by atoms with Crippen molar-refractivity contribution in [2.75, 3.05) is 0 Å². The molecule has 1 heterocycles. The van der Waals surface area contributed by atoms with Crippen LogP contribution in [0.5, 0.6) is 0 Å². The average Bonchev–Trinajstić information content (AvgIpc) is 2.17. The molecule has 1 nitrogen and oxygen atoms in total. The van der Waals surface area contributed by atoms with Crippen LogP contribution in [0.1, 0.15) is 6.92 Å². The Morgan fingerprint density at radius 3 is 2.85 bits per heavy atom. The highest BCUT2D eigenvalue weighted by molar-refractivity contribution is 5.41. The summed E-state index contributed by atoms with van der Waals surface area (Å²) in [6.45, 7) is 5.66. The predicted octanol–water partition coefficient (Wildman–Crippen LogP) is 1.40. The molecule has 0 fully saturated rings. The number of hydrogen-bond donors (Lipinski definition) is 0. The van der Waals surface area contributed by atoms with Crippen LogP contribution < -0.4 is 10.4 Å². The standard InChI is InChI=1S/C12H13N/c1-3-5-7-11-8-9-13-10-12(11)6-4-2/h3-10H,2H2,1H3/b5-3-,11-7-,12-6-. The van der Waals surface area contributed by atoms with Gasteiger partial charge in [0.15, 0.2) is 0 Å². The number of allylic oxidation sites excluding steroid dienone is 3. The van der Waals surface area contributed by atoms with Gasteiger partial charge < -0.3 is 0 Å². The van der Waals surface area contributed by atoms with E-state index in [4.69, 9.17) is 0 Å². The maximum Gasteiger partial charge on any atom is 0.0346 e. The summed E-state index contributed by atoms with van der Waals surface area (Å²) in [7, 11) is 0. The minimum atomic E-state index is 1.09. The predicted molar refractivity (Wildman–Crippen MR) is 57.4 cm³/mol. The van der Waals surface area contributed by atoms with Crippen molar-refractivity contribution < 1.29 is 0 Å². The first kappa shape index (κ1) is 9.46. The molecule has 0 amide bonds. The van der Waals surface area contributed by atoms with Crippen LogP contribution in [0.4, 0.5) is 0 Å².